The Morgan fingerprint density at radius 3 is 2.88 bits per heavy atom. The fourth-order valence-corrected chi connectivity index (χ4v) is 1.40. The lowest BCUT2D eigenvalue weighted by Crippen LogP contribution is -2.18. The van der Waals surface area contributed by atoms with Gasteiger partial charge in [-0.15, -0.1) is 0 Å². The summed E-state index contributed by atoms with van der Waals surface area (Å²) in [6.45, 7) is 3.17. The number of rotatable bonds is 9. The predicted molar refractivity (Wildman–Crippen MR) is 62.4 cm³/mol. The molecule has 0 bridgehead atoms. The minimum atomic E-state index is 0.731. The molecule has 2 N–H and O–H groups in total. The van der Waals surface area contributed by atoms with Gasteiger partial charge in [-0.05, 0) is 6.42 Å². The molecule has 5 heteroatoms. The summed E-state index contributed by atoms with van der Waals surface area (Å²) < 4.78 is 9.94. The van der Waals surface area contributed by atoms with Crippen molar-refractivity contribution < 1.29 is 9.47 Å². The molecule has 1 heterocycles. The van der Waals surface area contributed by atoms with Crippen LogP contribution in [-0.2, 0) is 22.4 Å². The number of ether oxygens (including phenoxy) is 2. The summed E-state index contributed by atoms with van der Waals surface area (Å²) in [5.41, 5.74) is 1.11. The number of methoxy groups -OCH3 is 2. The van der Waals surface area contributed by atoms with Gasteiger partial charge in [0.25, 0.3) is 0 Å². The summed E-state index contributed by atoms with van der Waals surface area (Å²) in [4.78, 5) is 7.58. The molecular formula is C11H21N3O2. The van der Waals surface area contributed by atoms with Crippen LogP contribution in [0.5, 0.6) is 0 Å². The largest absolute Gasteiger partial charge is 0.385 e. The standard InChI is InChI=1S/C11H21N3O2/c1-15-6-3-4-11-13-9-10(14-11)8-12-5-7-16-2/h9,12H,3-8H2,1-2H3,(H,13,14). The van der Waals surface area contributed by atoms with Crippen LogP contribution in [0.4, 0.5) is 0 Å². The quantitative estimate of drug-likeness (QED) is 0.610. The Hall–Kier alpha value is -0.910. The van der Waals surface area contributed by atoms with Crippen LogP contribution in [0.25, 0.3) is 0 Å². The van der Waals surface area contributed by atoms with Gasteiger partial charge >= 0.3 is 0 Å². The van der Waals surface area contributed by atoms with Crippen molar-refractivity contribution in [3.05, 3.63) is 17.7 Å². The zero-order valence-corrected chi connectivity index (χ0v) is 10.1. The van der Waals surface area contributed by atoms with E-state index in [9.17, 15) is 0 Å². The van der Waals surface area contributed by atoms with Crippen molar-refractivity contribution in [3.63, 3.8) is 0 Å². The summed E-state index contributed by atoms with van der Waals surface area (Å²) in [5, 5.41) is 3.26. The first-order valence-corrected chi connectivity index (χ1v) is 5.58. The Morgan fingerprint density at radius 2 is 2.12 bits per heavy atom. The molecule has 16 heavy (non-hydrogen) atoms. The van der Waals surface area contributed by atoms with Crippen molar-refractivity contribution >= 4 is 0 Å². The Morgan fingerprint density at radius 1 is 1.31 bits per heavy atom. The van der Waals surface area contributed by atoms with Gasteiger partial charge in [0, 0.05) is 52.2 Å². The maximum Gasteiger partial charge on any atom is 0.106 e. The molecule has 0 amide bonds. The van der Waals surface area contributed by atoms with Gasteiger partial charge in [0.2, 0.25) is 0 Å². The summed E-state index contributed by atoms with van der Waals surface area (Å²) in [6, 6.07) is 0. The Bertz CT molecular complexity index is 276. The molecule has 0 unspecified atom stereocenters. The van der Waals surface area contributed by atoms with Crippen LogP contribution >= 0.6 is 0 Å². The highest BCUT2D eigenvalue weighted by Crippen LogP contribution is 2.00. The molecule has 0 atom stereocenters. The van der Waals surface area contributed by atoms with Gasteiger partial charge in [0.1, 0.15) is 5.82 Å². The van der Waals surface area contributed by atoms with E-state index in [1.54, 1.807) is 14.2 Å². The van der Waals surface area contributed by atoms with Crippen LogP contribution in [-0.4, -0.2) is 43.9 Å². The van der Waals surface area contributed by atoms with Crippen molar-refractivity contribution in [2.24, 2.45) is 0 Å². The lowest BCUT2D eigenvalue weighted by Gasteiger charge is -2.01. The first-order valence-electron chi connectivity index (χ1n) is 5.58. The molecule has 0 saturated carbocycles. The zero-order valence-electron chi connectivity index (χ0n) is 10.1. The molecule has 1 rings (SSSR count). The van der Waals surface area contributed by atoms with E-state index in [1.807, 2.05) is 6.20 Å². The molecule has 0 aliphatic heterocycles. The molecule has 92 valence electrons. The number of nitrogens with one attached hydrogen (secondary N) is 2. The minimum Gasteiger partial charge on any atom is -0.385 e. The van der Waals surface area contributed by atoms with E-state index in [0.717, 1.165) is 50.7 Å². The Balaban J connectivity index is 2.17. The SMILES string of the molecule is COCCCc1ncc(CNCCOC)[nH]1. The molecule has 0 spiro atoms. The number of aromatic nitrogens is 2. The molecule has 0 saturated heterocycles. The van der Waals surface area contributed by atoms with Gasteiger partial charge in [0.05, 0.1) is 6.61 Å². The van der Waals surface area contributed by atoms with E-state index < -0.39 is 0 Å². The molecule has 0 aliphatic carbocycles. The minimum absolute atomic E-state index is 0.731. The average Bonchev–Trinajstić information content (AvgIpc) is 2.73. The number of aryl methyl sites for hydroxylation is 1. The second-order valence-electron chi connectivity index (χ2n) is 3.62. The second kappa shape index (κ2) is 8.27. The van der Waals surface area contributed by atoms with E-state index in [1.165, 1.54) is 0 Å². The average molecular weight is 227 g/mol. The number of imidazole rings is 1. The third kappa shape index (κ3) is 5.25. The highest BCUT2D eigenvalue weighted by atomic mass is 16.5. The third-order valence-electron chi connectivity index (χ3n) is 2.24. The van der Waals surface area contributed by atoms with Crippen molar-refractivity contribution in [2.45, 2.75) is 19.4 Å². The van der Waals surface area contributed by atoms with Crippen molar-refractivity contribution in [2.75, 3.05) is 34.0 Å². The lowest BCUT2D eigenvalue weighted by molar-refractivity contribution is 0.194. The number of H-pyrrole nitrogens is 1. The number of aromatic amines is 1. The van der Waals surface area contributed by atoms with Gasteiger partial charge in [-0.25, -0.2) is 4.98 Å². The fourth-order valence-electron chi connectivity index (χ4n) is 1.40. The second-order valence-corrected chi connectivity index (χ2v) is 3.62. The summed E-state index contributed by atoms with van der Waals surface area (Å²) in [5.74, 6) is 1.03. The van der Waals surface area contributed by atoms with Gasteiger partial charge < -0.3 is 19.8 Å². The Labute approximate surface area is 96.6 Å². The summed E-state index contributed by atoms with van der Waals surface area (Å²) in [6.07, 6.45) is 3.81. The molecule has 0 aliphatic rings. The predicted octanol–water partition coefficient (Wildman–Crippen LogP) is 0.725. The first-order chi connectivity index (χ1) is 7.86. The smallest absolute Gasteiger partial charge is 0.106 e. The third-order valence-corrected chi connectivity index (χ3v) is 2.24. The molecule has 1 aromatic rings. The van der Waals surface area contributed by atoms with Crippen LogP contribution in [0, 0.1) is 0 Å². The van der Waals surface area contributed by atoms with E-state index in [2.05, 4.69) is 15.3 Å². The highest BCUT2D eigenvalue weighted by molar-refractivity contribution is 5.01. The maximum absolute atomic E-state index is 4.99. The highest BCUT2D eigenvalue weighted by Gasteiger charge is 2.00. The maximum atomic E-state index is 4.99. The van der Waals surface area contributed by atoms with Crippen LogP contribution in [0.3, 0.4) is 0 Å². The van der Waals surface area contributed by atoms with E-state index in [4.69, 9.17) is 9.47 Å². The molecule has 0 radical (unpaired) electrons. The van der Waals surface area contributed by atoms with Gasteiger partial charge in [0.15, 0.2) is 0 Å². The van der Waals surface area contributed by atoms with E-state index in [-0.39, 0.29) is 0 Å². The topological polar surface area (TPSA) is 59.2 Å². The summed E-state index contributed by atoms with van der Waals surface area (Å²) in [7, 11) is 3.42. The van der Waals surface area contributed by atoms with Crippen molar-refractivity contribution in [1.82, 2.24) is 15.3 Å². The van der Waals surface area contributed by atoms with Gasteiger partial charge in [-0.2, -0.15) is 0 Å². The lowest BCUT2D eigenvalue weighted by atomic mass is 10.3. The molecule has 1 aromatic heterocycles. The number of hydrogen-bond acceptors (Lipinski definition) is 4. The van der Waals surface area contributed by atoms with E-state index >= 15 is 0 Å². The van der Waals surface area contributed by atoms with Gasteiger partial charge in [-0.3, -0.25) is 0 Å². The Kier molecular flexibility index (Phi) is 6.80. The van der Waals surface area contributed by atoms with Crippen LogP contribution in [0.2, 0.25) is 0 Å². The van der Waals surface area contributed by atoms with Crippen molar-refractivity contribution in [3.8, 4) is 0 Å². The first kappa shape index (κ1) is 13.2. The van der Waals surface area contributed by atoms with Crippen molar-refractivity contribution in [1.29, 1.82) is 0 Å². The fraction of sp³-hybridized carbons (Fsp3) is 0.727. The molecule has 0 fully saturated rings. The monoisotopic (exact) mass is 227 g/mol. The van der Waals surface area contributed by atoms with Crippen LogP contribution < -0.4 is 5.32 Å². The molecule has 0 aromatic carbocycles. The van der Waals surface area contributed by atoms with Crippen LogP contribution in [0.15, 0.2) is 6.20 Å². The number of hydrogen-bond donors (Lipinski definition) is 2. The number of nitrogens with zero attached hydrogens (tertiary/aromatic N) is 1. The molecular weight excluding hydrogens is 206 g/mol. The van der Waals surface area contributed by atoms with Crippen LogP contribution in [0.1, 0.15) is 17.9 Å². The summed E-state index contributed by atoms with van der Waals surface area (Å²) >= 11 is 0. The normalized spacial score (nSPS) is 10.9. The van der Waals surface area contributed by atoms with E-state index in [0.29, 0.717) is 0 Å². The van der Waals surface area contributed by atoms with Gasteiger partial charge in [-0.1, -0.05) is 0 Å². The molecule has 5 nitrogen and oxygen atoms in total. The zero-order chi connectivity index (χ0) is 11.6.